The van der Waals surface area contributed by atoms with Gasteiger partial charge in [-0.15, -0.1) is 0 Å². The molecule has 0 radical (unpaired) electrons. The highest BCUT2D eigenvalue weighted by atomic mass is 16.8. The van der Waals surface area contributed by atoms with E-state index in [0.717, 1.165) is 5.56 Å². The number of cyclic esters (lactones) is 1. The molecule has 7 heteroatoms. The molecule has 1 unspecified atom stereocenters. The number of anilines is 1. The first kappa shape index (κ1) is 29.9. The highest BCUT2D eigenvalue weighted by Gasteiger charge is 2.42. The summed E-state index contributed by atoms with van der Waals surface area (Å²) in [4.78, 5) is 28.0. The highest BCUT2D eigenvalue weighted by molar-refractivity contribution is 5.97. The van der Waals surface area contributed by atoms with Crippen LogP contribution >= 0.6 is 0 Å². The quantitative estimate of drug-likeness (QED) is 0.303. The number of esters is 1. The van der Waals surface area contributed by atoms with Crippen LogP contribution < -0.4 is 4.90 Å². The van der Waals surface area contributed by atoms with Crippen molar-refractivity contribution in [1.82, 2.24) is 0 Å². The molecule has 0 aliphatic carbocycles. The molecule has 1 amide bonds. The predicted octanol–water partition coefficient (Wildman–Crippen LogP) is 7.07. The first-order valence-electron chi connectivity index (χ1n) is 13.7. The summed E-state index contributed by atoms with van der Waals surface area (Å²) in [5, 5.41) is 0. The van der Waals surface area contributed by atoms with Crippen molar-refractivity contribution in [1.29, 1.82) is 0 Å². The van der Waals surface area contributed by atoms with Gasteiger partial charge in [0.15, 0.2) is 5.79 Å². The second kappa shape index (κ2) is 11.6. The number of fused-ring (bicyclic) bond motifs is 2. The van der Waals surface area contributed by atoms with Gasteiger partial charge in [-0.3, -0.25) is 4.90 Å². The molecule has 210 valence electrons. The van der Waals surface area contributed by atoms with E-state index in [2.05, 4.69) is 19.1 Å². The van der Waals surface area contributed by atoms with Crippen molar-refractivity contribution in [2.24, 2.45) is 11.8 Å². The zero-order valence-electron chi connectivity index (χ0n) is 24.7. The fourth-order valence-corrected chi connectivity index (χ4v) is 4.87. The van der Waals surface area contributed by atoms with Gasteiger partial charge in [-0.1, -0.05) is 38.2 Å². The lowest BCUT2D eigenvalue weighted by molar-refractivity contribution is -0.148. The van der Waals surface area contributed by atoms with Crippen LogP contribution in [0.2, 0.25) is 0 Å². The van der Waals surface area contributed by atoms with E-state index in [0.29, 0.717) is 29.8 Å². The maximum Gasteiger partial charge on any atom is 0.414 e. The zero-order valence-corrected chi connectivity index (χ0v) is 24.7. The van der Waals surface area contributed by atoms with Crippen LogP contribution in [0.3, 0.4) is 0 Å². The van der Waals surface area contributed by atoms with Gasteiger partial charge in [0, 0.05) is 24.1 Å². The van der Waals surface area contributed by atoms with Gasteiger partial charge in [0.05, 0.1) is 17.8 Å². The summed E-state index contributed by atoms with van der Waals surface area (Å²) >= 11 is 0. The van der Waals surface area contributed by atoms with Crippen LogP contribution in [0, 0.1) is 18.8 Å². The lowest BCUT2D eigenvalue weighted by Crippen LogP contribution is -2.37. The number of nitrogens with zero attached hydrogens (tertiary/aromatic N) is 1. The van der Waals surface area contributed by atoms with Gasteiger partial charge in [-0.25, -0.2) is 9.59 Å². The third-order valence-corrected chi connectivity index (χ3v) is 6.95. The largest absolute Gasteiger partial charge is 0.458 e. The van der Waals surface area contributed by atoms with Crippen LogP contribution in [0.5, 0.6) is 0 Å². The van der Waals surface area contributed by atoms with E-state index < -0.39 is 17.5 Å². The summed E-state index contributed by atoms with van der Waals surface area (Å²) in [6.45, 7) is 19.7. The summed E-state index contributed by atoms with van der Waals surface area (Å²) < 4.78 is 24.1. The van der Waals surface area contributed by atoms with Crippen molar-refractivity contribution in [3.63, 3.8) is 0 Å². The average Bonchev–Trinajstić information content (AvgIpc) is 3.09. The maximum absolute atomic E-state index is 13.4. The number of rotatable bonds is 2. The van der Waals surface area contributed by atoms with Gasteiger partial charge in [0.2, 0.25) is 0 Å². The molecule has 2 heterocycles. The normalized spacial score (nSPS) is 29.3. The van der Waals surface area contributed by atoms with E-state index >= 15 is 0 Å². The number of hydrogen-bond donors (Lipinski definition) is 0. The predicted molar refractivity (Wildman–Crippen MR) is 150 cm³/mol. The molecular weight excluding hydrogens is 482 g/mol. The Morgan fingerprint density at radius 1 is 1.11 bits per heavy atom. The van der Waals surface area contributed by atoms with Crippen LogP contribution in [-0.4, -0.2) is 48.3 Å². The average molecular weight is 528 g/mol. The van der Waals surface area contributed by atoms with Crippen LogP contribution in [0.4, 0.5) is 10.5 Å². The standard InChI is InChI=1S/C31H45NO6/c1-11-32(29(34)38-30(6,7)8)24-17-21(4)26-23(18-24)13-12-14-25-27(37-31(9,10)36-25)20(3)16-15-19(2)22(5)35-28(26)33/h12-13,15-20,22,25,27H,11,14H2,1-10H3/b13-12+,16-15-/t19-,20?,22+,25+,27-/m1/s1. The molecule has 3 rings (SSSR count). The van der Waals surface area contributed by atoms with E-state index in [1.807, 2.05) is 86.6 Å². The number of amides is 1. The lowest BCUT2D eigenvalue weighted by Gasteiger charge is -2.27. The molecule has 2 aliphatic rings. The fraction of sp³-hybridized carbons (Fsp3) is 0.613. The van der Waals surface area contributed by atoms with Crippen molar-refractivity contribution in [3.8, 4) is 0 Å². The molecule has 1 aromatic carbocycles. The van der Waals surface area contributed by atoms with Crippen molar-refractivity contribution in [2.75, 3.05) is 11.4 Å². The molecule has 1 fully saturated rings. The number of hydrogen-bond acceptors (Lipinski definition) is 6. The van der Waals surface area contributed by atoms with E-state index in [4.69, 9.17) is 18.9 Å². The monoisotopic (exact) mass is 527 g/mol. The summed E-state index contributed by atoms with van der Waals surface area (Å²) in [6, 6.07) is 3.69. The van der Waals surface area contributed by atoms with Crippen molar-refractivity contribution in [3.05, 3.63) is 47.1 Å². The Bertz CT molecular complexity index is 1080. The zero-order chi connectivity index (χ0) is 28.4. The molecule has 5 atom stereocenters. The van der Waals surface area contributed by atoms with Crippen molar-refractivity contribution < 1.29 is 28.5 Å². The van der Waals surface area contributed by atoms with Crippen LogP contribution in [0.15, 0.2) is 30.4 Å². The molecule has 2 aliphatic heterocycles. The number of aryl methyl sites for hydroxylation is 1. The van der Waals surface area contributed by atoms with Crippen LogP contribution in [-0.2, 0) is 18.9 Å². The van der Waals surface area contributed by atoms with Gasteiger partial charge < -0.3 is 18.9 Å². The number of benzene rings is 1. The molecule has 0 bridgehead atoms. The Morgan fingerprint density at radius 3 is 2.39 bits per heavy atom. The third-order valence-electron chi connectivity index (χ3n) is 6.95. The van der Waals surface area contributed by atoms with Gasteiger partial charge in [0.25, 0.3) is 0 Å². The van der Waals surface area contributed by atoms with E-state index in [-0.39, 0.29) is 36.1 Å². The van der Waals surface area contributed by atoms with Crippen molar-refractivity contribution >= 4 is 23.8 Å². The molecule has 7 nitrogen and oxygen atoms in total. The SMILES string of the molecule is CCN(C(=O)OC(C)(C)C)c1cc(C)c2c(c1)/C=C/C[C@@H]1OC(C)(C)O[C@@H]1C(C)/C=C\[C@@H](C)[C@H](C)OC2=O. The van der Waals surface area contributed by atoms with Gasteiger partial charge in [-0.2, -0.15) is 0 Å². The smallest absolute Gasteiger partial charge is 0.414 e. The molecule has 1 saturated heterocycles. The summed E-state index contributed by atoms with van der Waals surface area (Å²) in [5.41, 5.74) is 1.93. The summed E-state index contributed by atoms with van der Waals surface area (Å²) in [5.74, 6) is -0.921. The van der Waals surface area contributed by atoms with Gasteiger partial charge >= 0.3 is 12.1 Å². The molecule has 0 N–H and O–H groups in total. The minimum atomic E-state index is -0.673. The first-order chi connectivity index (χ1) is 17.6. The molecular formula is C31H45NO6. The molecule has 0 spiro atoms. The number of carbonyl (C=O) groups excluding carboxylic acids is 2. The molecule has 1 aromatic rings. The Labute approximate surface area is 228 Å². The Morgan fingerprint density at radius 2 is 1.76 bits per heavy atom. The fourth-order valence-electron chi connectivity index (χ4n) is 4.87. The molecule has 0 saturated carbocycles. The number of ether oxygens (including phenoxy) is 4. The topological polar surface area (TPSA) is 74.3 Å². The molecule has 0 aromatic heterocycles. The Balaban J connectivity index is 2.07. The van der Waals surface area contributed by atoms with E-state index in [9.17, 15) is 9.59 Å². The number of carbonyl (C=O) groups is 2. The summed E-state index contributed by atoms with van der Waals surface area (Å²) in [6.07, 6.45) is 7.76. The third kappa shape index (κ3) is 7.26. The van der Waals surface area contributed by atoms with Crippen LogP contribution in [0.1, 0.15) is 90.2 Å². The van der Waals surface area contributed by atoms with Crippen LogP contribution in [0.25, 0.3) is 6.08 Å². The van der Waals surface area contributed by atoms with E-state index in [1.165, 1.54) is 0 Å². The Hall–Kier alpha value is -2.64. The Kier molecular flexibility index (Phi) is 9.15. The first-order valence-corrected chi connectivity index (χ1v) is 13.7. The highest BCUT2D eigenvalue weighted by Crippen LogP contribution is 2.35. The lowest BCUT2D eigenvalue weighted by atomic mass is 9.93. The minimum Gasteiger partial charge on any atom is -0.458 e. The second-order valence-corrected chi connectivity index (χ2v) is 11.9. The molecule has 38 heavy (non-hydrogen) atoms. The maximum atomic E-state index is 13.4. The van der Waals surface area contributed by atoms with Crippen molar-refractivity contribution in [2.45, 2.75) is 105 Å². The van der Waals surface area contributed by atoms with E-state index in [1.54, 1.807) is 4.90 Å². The van der Waals surface area contributed by atoms with Gasteiger partial charge in [-0.05, 0) is 85.1 Å². The van der Waals surface area contributed by atoms with Gasteiger partial charge in [0.1, 0.15) is 11.7 Å². The summed E-state index contributed by atoms with van der Waals surface area (Å²) in [7, 11) is 0. The minimum absolute atomic E-state index is 0.0134. The second-order valence-electron chi connectivity index (χ2n) is 11.9.